The Kier molecular flexibility index (Phi) is 11.3. The second-order valence-electron chi connectivity index (χ2n) is 7.90. The molecule has 0 spiro atoms. The van der Waals surface area contributed by atoms with Gasteiger partial charge in [0.2, 0.25) is 5.91 Å². The lowest BCUT2D eigenvalue weighted by molar-refractivity contribution is -0.119. The Labute approximate surface area is 213 Å². The quantitative estimate of drug-likeness (QED) is 0.233. The molecule has 0 bridgehead atoms. The molecule has 0 aliphatic heterocycles. The van der Waals surface area contributed by atoms with E-state index in [-0.39, 0.29) is 35.8 Å². The van der Waals surface area contributed by atoms with Crippen molar-refractivity contribution in [3.63, 3.8) is 0 Å². The van der Waals surface area contributed by atoms with Crippen LogP contribution in [0.1, 0.15) is 43.7 Å². The number of hydrogen-bond donors (Lipinski definition) is 3. The minimum Gasteiger partial charge on any atom is -0.497 e. The Morgan fingerprint density at radius 1 is 1.06 bits per heavy atom. The molecule has 0 saturated heterocycles. The monoisotopic (exact) mass is 566 g/mol. The van der Waals surface area contributed by atoms with Gasteiger partial charge in [-0.15, -0.1) is 24.0 Å². The van der Waals surface area contributed by atoms with Gasteiger partial charge in [0, 0.05) is 36.3 Å². The molecule has 1 aliphatic carbocycles. The van der Waals surface area contributed by atoms with Gasteiger partial charge in [-0.2, -0.15) is 0 Å². The summed E-state index contributed by atoms with van der Waals surface area (Å²) in [5, 5.41) is 9.69. The highest BCUT2D eigenvalue weighted by molar-refractivity contribution is 14.0. The van der Waals surface area contributed by atoms with E-state index in [2.05, 4.69) is 16.0 Å². The first-order chi connectivity index (χ1) is 15.6. The lowest BCUT2D eigenvalue weighted by Crippen LogP contribution is -2.36. The number of anilines is 1. The van der Waals surface area contributed by atoms with Gasteiger partial charge < -0.3 is 25.4 Å². The average Bonchev–Trinajstić information content (AvgIpc) is 3.36. The molecule has 0 heterocycles. The van der Waals surface area contributed by atoms with Crippen molar-refractivity contribution in [3.05, 3.63) is 53.6 Å². The fraction of sp³-hybridized carbons (Fsp3) is 0.440. The van der Waals surface area contributed by atoms with Gasteiger partial charge in [-0.05, 0) is 49.6 Å². The summed E-state index contributed by atoms with van der Waals surface area (Å²) in [6.07, 6.45) is 4.28. The zero-order valence-electron chi connectivity index (χ0n) is 19.6. The van der Waals surface area contributed by atoms with Gasteiger partial charge in [0.25, 0.3) is 0 Å². The predicted molar refractivity (Wildman–Crippen MR) is 144 cm³/mol. The topological polar surface area (TPSA) is 84.0 Å². The van der Waals surface area contributed by atoms with Crippen molar-refractivity contribution in [2.24, 2.45) is 10.9 Å². The third kappa shape index (κ3) is 8.10. The molecule has 1 aliphatic rings. The Morgan fingerprint density at radius 3 is 2.55 bits per heavy atom. The number of guanidine groups is 1. The van der Waals surface area contributed by atoms with Gasteiger partial charge in [-0.3, -0.25) is 4.79 Å². The number of aliphatic imine (C=N–C) groups is 1. The third-order valence-corrected chi connectivity index (χ3v) is 5.62. The zero-order valence-corrected chi connectivity index (χ0v) is 22.0. The molecule has 1 saturated carbocycles. The highest BCUT2D eigenvalue weighted by atomic mass is 127. The number of halogens is 1. The molecule has 3 N–H and O–H groups in total. The van der Waals surface area contributed by atoms with Crippen LogP contribution in [0.15, 0.2) is 47.5 Å². The van der Waals surface area contributed by atoms with Crippen molar-refractivity contribution >= 4 is 41.5 Å². The van der Waals surface area contributed by atoms with Crippen LogP contribution >= 0.6 is 24.0 Å². The van der Waals surface area contributed by atoms with E-state index in [0.717, 1.165) is 60.5 Å². The van der Waals surface area contributed by atoms with Gasteiger partial charge >= 0.3 is 0 Å². The molecular weight excluding hydrogens is 531 g/mol. The lowest BCUT2D eigenvalue weighted by atomic mass is 10.1. The van der Waals surface area contributed by atoms with E-state index in [1.807, 2.05) is 49.4 Å². The van der Waals surface area contributed by atoms with Crippen LogP contribution in [0.4, 0.5) is 5.69 Å². The molecule has 180 valence electrons. The first kappa shape index (κ1) is 26.8. The number of carbonyl (C=O) groups is 1. The van der Waals surface area contributed by atoms with Gasteiger partial charge in [0.1, 0.15) is 11.5 Å². The summed E-state index contributed by atoms with van der Waals surface area (Å²) in [7, 11) is 3.29. The minimum absolute atomic E-state index is 0. The molecule has 0 radical (unpaired) electrons. The Balaban J connectivity index is 0.00000385. The summed E-state index contributed by atoms with van der Waals surface area (Å²) >= 11 is 0. The van der Waals surface area contributed by atoms with Crippen molar-refractivity contribution in [3.8, 4) is 11.5 Å². The molecule has 7 nitrogen and oxygen atoms in total. The van der Waals surface area contributed by atoms with Crippen molar-refractivity contribution in [2.45, 2.75) is 45.7 Å². The van der Waals surface area contributed by atoms with E-state index < -0.39 is 0 Å². The normalized spacial score (nSPS) is 13.7. The number of amides is 1. The fourth-order valence-electron chi connectivity index (χ4n) is 3.87. The maximum Gasteiger partial charge on any atom is 0.227 e. The predicted octanol–water partition coefficient (Wildman–Crippen LogP) is 4.71. The van der Waals surface area contributed by atoms with E-state index in [0.29, 0.717) is 19.0 Å². The van der Waals surface area contributed by atoms with E-state index in [1.165, 1.54) is 0 Å². The Morgan fingerprint density at radius 2 is 1.85 bits per heavy atom. The number of rotatable bonds is 9. The molecule has 0 atom stereocenters. The molecule has 1 fully saturated rings. The van der Waals surface area contributed by atoms with E-state index in [9.17, 15) is 4.79 Å². The molecule has 8 heteroatoms. The van der Waals surface area contributed by atoms with Gasteiger partial charge in [0.05, 0.1) is 20.8 Å². The molecule has 0 unspecified atom stereocenters. The van der Waals surface area contributed by atoms with Crippen LogP contribution in [0.5, 0.6) is 11.5 Å². The molecule has 2 aromatic rings. The molecule has 2 aromatic carbocycles. The largest absolute Gasteiger partial charge is 0.497 e. The van der Waals surface area contributed by atoms with Crippen LogP contribution in [0.3, 0.4) is 0 Å². The van der Waals surface area contributed by atoms with Crippen molar-refractivity contribution in [1.82, 2.24) is 10.6 Å². The zero-order chi connectivity index (χ0) is 22.8. The highest BCUT2D eigenvalue weighted by Gasteiger charge is 2.22. The van der Waals surface area contributed by atoms with Gasteiger partial charge in [-0.1, -0.05) is 25.0 Å². The number of carbonyl (C=O) groups excluding carboxylic acids is 1. The summed E-state index contributed by atoms with van der Waals surface area (Å²) < 4.78 is 10.7. The summed E-state index contributed by atoms with van der Waals surface area (Å²) in [6.45, 7) is 3.85. The second-order valence-corrected chi connectivity index (χ2v) is 7.90. The summed E-state index contributed by atoms with van der Waals surface area (Å²) in [6, 6.07) is 13.7. The van der Waals surface area contributed by atoms with Gasteiger partial charge in [-0.25, -0.2) is 4.99 Å². The van der Waals surface area contributed by atoms with Crippen LogP contribution in [0.25, 0.3) is 0 Å². The summed E-state index contributed by atoms with van der Waals surface area (Å²) in [4.78, 5) is 17.1. The maximum atomic E-state index is 12.4. The minimum atomic E-state index is 0. The number of ether oxygens (including phenoxy) is 2. The van der Waals surface area contributed by atoms with Crippen molar-refractivity contribution in [1.29, 1.82) is 0 Å². The molecule has 33 heavy (non-hydrogen) atoms. The number of methoxy groups -OCH3 is 2. The number of benzene rings is 2. The van der Waals surface area contributed by atoms with Crippen molar-refractivity contribution in [2.75, 3.05) is 26.1 Å². The maximum absolute atomic E-state index is 12.4. The number of nitrogens with zero attached hydrogens (tertiary/aromatic N) is 1. The summed E-state index contributed by atoms with van der Waals surface area (Å²) in [5.74, 6) is 2.51. The molecule has 0 aromatic heterocycles. The average molecular weight is 566 g/mol. The van der Waals surface area contributed by atoms with Crippen LogP contribution < -0.4 is 25.4 Å². The van der Waals surface area contributed by atoms with E-state index in [1.54, 1.807) is 14.2 Å². The first-order valence-electron chi connectivity index (χ1n) is 11.3. The number of hydrogen-bond acceptors (Lipinski definition) is 4. The SMILES string of the molecule is CCNC(=NCc1cccc(NC(=O)C2CCCC2)c1)NCc1ccc(OC)cc1OC.I. The van der Waals surface area contributed by atoms with Crippen LogP contribution in [-0.4, -0.2) is 32.6 Å². The van der Waals surface area contributed by atoms with E-state index in [4.69, 9.17) is 14.5 Å². The second kappa shape index (κ2) is 13.9. The van der Waals surface area contributed by atoms with E-state index >= 15 is 0 Å². The van der Waals surface area contributed by atoms with Gasteiger partial charge in [0.15, 0.2) is 5.96 Å². The number of nitrogens with one attached hydrogen (secondary N) is 3. The third-order valence-electron chi connectivity index (χ3n) is 5.62. The molecule has 1 amide bonds. The van der Waals surface area contributed by atoms with Crippen LogP contribution in [0, 0.1) is 5.92 Å². The highest BCUT2D eigenvalue weighted by Crippen LogP contribution is 2.26. The van der Waals surface area contributed by atoms with Crippen LogP contribution in [-0.2, 0) is 17.9 Å². The Bertz CT molecular complexity index is 930. The standard InChI is InChI=1S/C25H34N4O3.HI/c1-4-26-25(28-17-20-12-13-22(31-2)15-23(20)32-3)27-16-18-8-7-11-21(14-18)29-24(30)19-9-5-6-10-19;/h7-8,11-15,19H,4-6,9-10,16-17H2,1-3H3,(H,29,30)(H2,26,27,28);1H. The smallest absolute Gasteiger partial charge is 0.227 e. The lowest BCUT2D eigenvalue weighted by Gasteiger charge is -2.14. The fourth-order valence-corrected chi connectivity index (χ4v) is 3.87. The Hall–Kier alpha value is -2.49. The van der Waals surface area contributed by atoms with Crippen LogP contribution in [0.2, 0.25) is 0 Å². The molecular formula is C25H35IN4O3. The summed E-state index contributed by atoms with van der Waals surface area (Å²) in [5.41, 5.74) is 2.87. The van der Waals surface area contributed by atoms with Crippen molar-refractivity contribution < 1.29 is 14.3 Å². The molecule has 3 rings (SSSR count). The first-order valence-corrected chi connectivity index (χ1v) is 11.3.